The minimum atomic E-state index is -0.121. The Labute approximate surface area is 102 Å². The van der Waals surface area contributed by atoms with Crippen LogP contribution in [0.15, 0.2) is 18.2 Å². The topological polar surface area (TPSA) is 41.1 Å². The molecule has 1 saturated carbocycles. The van der Waals surface area contributed by atoms with Crippen LogP contribution in [0.4, 0.5) is 11.4 Å². The number of fused-ring (bicyclic) bond motifs is 1. The number of benzene rings is 1. The van der Waals surface area contributed by atoms with E-state index in [0.717, 1.165) is 34.3 Å². The fourth-order valence-corrected chi connectivity index (χ4v) is 2.42. The number of carbonyl (C=O) groups excluding carboxylic acids is 1. The quantitative estimate of drug-likeness (QED) is 0.722. The van der Waals surface area contributed by atoms with Crippen molar-refractivity contribution in [1.29, 1.82) is 0 Å². The van der Waals surface area contributed by atoms with Crippen molar-refractivity contribution < 1.29 is 4.79 Å². The van der Waals surface area contributed by atoms with Crippen LogP contribution < -0.4 is 10.6 Å². The lowest BCUT2D eigenvalue weighted by Crippen LogP contribution is -2.27. The lowest BCUT2D eigenvalue weighted by Gasteiger charge is -2.08. The lowest BCUT2D eigenvalue weighted by atomic mass is 10.1. The summed E-state index contributed by atoms with van der Waals surface area (Å²) in [4.78, 5) is 11.9. The van der Waals surface area contributed by atoms with Gasteiger partial charge in [0.2, 0.25) is 5.91 Å². The van der Waals surface area contributed by atoms with E-state index in [4.69, 9.17) is 0 Å². The lowest BCUT2D eigenvalue weighted by molar-refractivity contribution is -0.120. The van der Waals surface area contributed by atoms with Gasteiger partial charge in [0.15, 0.2) is 0 Å². The molecule has 1 heterocycles. The highest BCUT2D eigenvalue weighted by molar-refractivity contribution is 14.1. The van der Waals surface area contributed by atoms with Gasteiger partial charge in [0.05, 0.1) is 16.8 Å². The first-order valence-electron chi connectivity index (χ1n) is 5.05. The van der Waals surface area contributed by atoms with Crippen LogP contribution in [0.25, 0.3) is 0 Å². The average molecular weight is 314 g/mol. The molecule has 0 atom stereocenters. The van der Waals surface area contributed by atoms with Gasteiger partial charge in [-0.3, -0.25) is 4.79 Å². The summed E-state index contributed by atoms with van der Waals surface area (Å²) in [6, 6.07) is 6.07. The molecule has 2 N–H and O–H groups in total. The fourth-order valence-electron chi connectivity index (χ4n) is 1.93. The molecular weight excluding hydrogens is 303 g/mol. The Hall–Kier alpha value is -0.780. The molecule has 3 nitrogen and oxygen atoms in total. The van der Waals surface area contributed by atoms with Crippen molar-refractivity contribution in [3.05, 3.63) is 21.8 Å². The number of hydrogen-bond donors (Lipinski definition) is 2. The molecule has 0 unspecified atom stereocenters. The molecule has 1 aromatic carbocycles. The first-order valence-corrected chi connectivity index (χ1v) is 6.12. The molecule has 0 radical (unpaired) electrons. The number of rotatable bonds is 0. The van der Waals surface area contributed by atoms with Crippen LogP contribution in [0.2, 0.25) is 0 Å². The van der Waals surface area contributed by atoms with Crippen molar-refractivity contribution >= 4 is 39.9 Å². The summed E-state index contributed by atoms with van der Waals surface area (Å²) in [5, 5.41) is 6.36. The monoisotopic (exact) mass is 314 g/mol. The molecule has 1 aliphatic heterocycles. The molecule has 1 spiro atoms. The highest BCUT2D eigenvalue weighted by Gasteiger charge is 2.50. The van der Waals surface area contributed by atoms with E-state index in [1.54, 1.807) is 0 Å². The van der Waals surface area contributed by atoms with Crippen LogP contribution >= 0.6 is 22.6 Å². The van der Waals surface area contributed by atoms with Crippen molar-refractivity contribution in [2.45, 2.75) is 12.8 Å². The smallest absolute Gasteiger partial charge is 0.232 e. The molecule has 0 bridgehead atoms. The van der Waals surface area contributed by atoms with Gasteiger partial charge in [0.1, 0.15) is 0 Å². The third-order valence-electron chi connectivity index (χ3n) is 3.18. The molecular formula is C11H11IN2O. The van der Waals surface area contributed by atoms with Gasteiger partial charge in [0, 0.05) is 10.1 Å². The van der Waals surface area contributed by atoms with E-state index >= 15 is 0 Å². The maximum absolute atomic E-state index is 11.9. The number of amides is 1. The minimum Gasteiger partial charge on any atom is -0.382 e. The Morgan fingerprint density at radius 2 is 2.07 bits per heavy atom. The van der Waals surface area contributed by atoms with E-state index < -0.39 is 0 Å². The van der Waals surface area contributed by atoms with Crippen LogP contribution in [0.3, 0.4) is 0 Å². The van der Waals surface area contributed by atoms with Gasteiger partial charge in [-0.2, -0.15) is 0 Å². The predicted octanol–water partition coefficient (Wildman–Crippen LogP) is 2.44. The van der Waals surface area contributed by atoms with Crippen LogP contribution in [0.5, 0.6) is 0 Å². The zero-order valence-electron chi connectivity index (χ0n) is 8.14. The molecule has 1 aliphatic carbocycles. The molecule has 0 saturated heterocycles. The fraction of sp³-hybridized carbons (Fsp3) is 0.364. The van der Waals surface area contributed by atoms with Crippen LogP contribution in [-0.2, 0) is 4.79 Å². The molecule has 1 fully saturated rings. The van der Waals surface area contributed by atoms with E-state index in [2.05, 4.69) is 33.2 Å². The third-order valence-corrected chi connectivity index (χ3v) is 3.85. The summed E-state index contributed by atoms with van der Waals surface area (Å²) in [6.07, 6.45) is 2.02. The molecule has 15 heavy (non-hydrogen) atoms. The highest BCUT2D eigenvalue weighted by atomic mass is 127. The van der Waals surface area contributed by atoms with E-state index in [1.807, 2.05) is 18.2 Å². The Balaban J connectivity index is 2.00. The molecule has 3 rings (SSSR count). The predicted molar refractivity (Wildman–Crippen MR) is 67.9 cm³/mol. The Kier molecular flexibility index (Phi) is 1.95. The van der Waals surface area contributed by atoms with Crippen molar-refractivity contribution in [2.75, 3.05) is 17.2 Å². The number of halogens is 1. The van der Waals surface area contributed by atoms with E-state index in [0.29, 0.717) is 0 Å². The molecule has 2 aliphatic rings. The summed E-state index contributed by atoms with van der Waals surface area (Å²) < 4.78 is 1.14. The van der Waals surface area contributed by atoms with Crippen molar-refractivity contribution in [3.8, 4) is 0 Å². The minimum absolute atomic E-state index is 0.121. The highest BCUT2D eigenvalue weighted by Crippen LogP contribution is 2.48. The first kappa shape index (κ1) is 9.45. The second-order valence-corrected chi connectivity index (χ2v) is 5.52. The van der Waals surface area contributed by atoms with Gasteiger partial charge >= 0.3 is 0 Å². The summed E-state index contributed by atoms with van der Waals surface area (Å²) in [7, 11) is 0. The van der Waals surface area contributed by atoms with Crippen LogP contribution in [0.1, 0.15) is 12.8 Å². The Bertz CT molecular complexity index is 440. The van der Waals surface area contributed by atoms with E-state index in [-0.39, 0.29) is 11.3 Å². The Morgan fingerprint density at radius 3 is 2.80 bits per heavy atom. The van der Waals surface area contributed by atoms with E-state index in [1.165, 1.54) is 0 Å². The van der Waals surface area contributed by atoms with Gasteiger partial charge in [-0.05, 0) is 53.6 Å². The largest absolute Gasteiger partial charge is 0.382 e. The van der Waals surface area contributed by atoms with Gasteiger partial charge < -0.3 is 10.6 Å². The SMILES string of the molecule is O=C1Nc2cc(I)ccc2NCC12CC2. The normalized spacial score (nSPS) is 21.3. The third kappa shape index (κ3) is 1.51. The number of nitrogens with one attached hydrogen (secondary N) is 2. The number of anilines is 2. The van der Waals surface area contributed by atoms with Gasteiger partial charge in [-0.25, -0.2) is 0 Å². The first-order chi connectivity index (χ1) is 7.20. The van der Waals surface area contributed by atoms with Gasteiger partial charge in [0.25, 0.3) is 0 Å². The molecule has 4 heteroatoms. The molecule has 1 aromatic rings. The summed E-state index contributed by atoms with van der Waals surface area (Å²) >= 11 is 2.25. The molecule has 78 valence electrons. The van der Waals surface area contributed by atoms with Crippen molar-refractivity contribution in [3.63, 3.8) is 0 Å². The van der Waals surface area contributed by atoms with Crippen molar-refractivity contribution in [1.82, 2.24) is 0 Å². The molecule has 0 aromatic heterocycles. The standard InChI is InChI=1S/C11H11IN2O/c12-7-1-2-8-9(5-7)14-10(15)11(3-4-11)6-13-8/h1-2,5,13H,3-4,6H2,(H,14,15). The Morgan fingerprint density at radius 1 is 1.27 bits per heavy atom. The second kappa shape index (κ2) is 3.10. The van der Waals surface area contributed by atoms with Crippen molar-refractivity contribution in [2.24, 2.45) is 5.41 Å². The average Bonchev–Trinajstić information content (AvgIpc) is 2.98. The zero-order valence-corrected chi connectivity index (χ0v) is 10.3. The van der Waals surface area contributed by atoms with Gasteiger partial charge in [-0.1, -0.05) is 0 Å². The van der Waals surface area contributed by atoms with Crippen LogP contribution in [-0.4, -0.2) is 12.5 Å². The summed E-state index contributed by atoms with van der Waals surface area (Å²) in [5.74, 6) is 0.177. The number of carbonyl (C=O) groups is 1. The molecule has 1 amide bonds. The second-order valence-electron chi connectivity index (χ2n) is 4.28. The van der Waals surface area contributed by atoms with Crippen LogP contribution in [0, 0.1) is 8.99 Å². The summed E-state index contributed by atoms with van der Waals surface area (Å²) in [6.45, 7) is 0.770. The summed E-state index contributed by atoms with van der Waals surface area (Å²) in [5.41, 5.74) is 1.83. The number of hydrogen-bond acceptors (Lipinski definition) is 2. The van der Waals surface area contributed by atoms with E-state index in [9.17, 15) is 4.79 Å². The maximum Gasteiger partial charge on any atom is 0.232 e. The zero-order chi connectivity index (χ0) is 10.5. The maximum atomic E-state index is 11.9. The van der Waals surface area contributed by atoms with Gasteiger partial charge in [-0.15, -0.1) is 0 Å².